The van der Waals surface area contributed by atoms with Crippen molar-refractivity contribution in [2.45, 2.75) is 0 Å². The molecule has 0 saturated heterocycles. The smallest absolute Gasteiger partial charge is 0.183 e. The van der Waals surface area contributed by atoms with Gasteiger partial charge in [-0.25, -0.2) is 0 Å². The van der Waals surface area contributed by atoms with Crippen LogP contribution in [0.1, 0.15) is 5.56 Å². The zero-order chi connectivity index (χ0) is 16.8. The summed E-state index contributed by atoms with van der Waals surface area (Å²) in [6.45, 7) is 0. The van der Waals surface area contributed by atoms with Crippen LogP contribution in [0.4, 0.5) is 11.4 Å². The number of amidine groups is 1. The van der Waals surface area contributed by atoms with Crippen LogP contribution in [0.2, 0.25) is 0 Å². The van der Waals surface area contributed by atoms with Crippen LogP contribution >= 0.6 is 12.2 Å². The third kappa shape index (κ3) is 3.67. The lowest BCUT2D eigenvalue weighted by Gasteiger charge is -2.26. The molecule has 3 aromatic rings. The number of thiocarbonyl (C=S) groups is 1. The molecule has 0 aromatic heterocycles. The molecular weight excluding hydrogens is 314 g/mol. The lowest BCUT2D eigenvalue weighted by molar-refractivity contribution is 1.33. The fourth-order valence-corrected chi connectivity index (χ4v) is 2.67. The summed E-state index contributed by atoms with van der Waals surface area (Å²) < 4.78 is 0. The Morgan fingerprint density at radius 1 is 0.750 bits per heavy atom. The molecule has 24 heavy (non-hydrogen) atoms. The molecule has 3 rings (SSSR count). The molecule has 0 atom stereocenters. The van der Waals surface area contributed by atoms with E-state index in [9.17, 15) is 0 Å². The monoisotopic (exact) mass is 331 g/mol. The fourth-order valence-electron chi connectivity index (χ4n) is 2.35. The van der Waals surface area contributed by atoms with E-state index in [0.717, 1.165) is 16.9 Å². The molecule has 0 heterocycles. The van der Waals surface area contributed by atoms with Gasteiger partial charge >= 0.3 is 0 Å². The van der Waals surface area contributed by atoms with Gasteiger partial charge in [0.2, 0.25) is 0 Å². The molecule has 0 bridgehead atoms. The largest absolute Gasteiger partial charge is 0.332 e. The number of anilines is 2. The SMILES string of the molecule is N=C(c1ccccc1)N(C(=S)Nc1ccccc1)c1ccccc1. The molecule has 3 nitrogen and oxygen atoms in total. The molecule has 0 aliphatic carbocycles. The van der Waals surface area contributed by atoms with Crippen molar-refractivity contribution in [2.75, 3.05) is 10.2 Å². The quantitative estimate of drug-likeness (QED) is 0.407. The summed E-state index contributed by atoms with van der Waals surface area (Å²) in [5.74, 6) is 0.329. The summed E-state index contributed by atoms with van der Waals surface area (Å²) in [7, 11) is 0. The van der Waals surface area contributed by atoms with Crippen molar-refractivity contribution in [3.05, 3.63) is 96.6 Å². The highest BCUT2D eigenvalue weighted by Gasteiger charge is 2.18. The Kier molecular flexibility index (Phi) is 4.99. The highest BCUT2D eigenvalue weighted by atomic mass is 32.1. The van der Waals surface area contributed by atoms with Crippen LogP contribution in [0.3, 0.4) is 0 Å². The number of nitrogens with one attached hydrogen (secondary N) is 2. The predicted octanol–water partition coefficient (Wildman–Crippen LogP) is 4.92. The maximum atomic E-state index is 8.62. The lowest BCUT2D eigenvalue weighted by atomic mass is 10.2. The summed E-state index contributed by atoms with van der Waals surface area (Å²) in [5, 5.41) is 12.3. The Hall–Kier alpha value is -2.98. The summed E-state index contributed by atoms with van der Waals surface area (Å²) in [4.78, 5) is 1.73. The first-order chi connectivity index (χ1) is 11.8. The first-order valence-electron chi connectivity index (χ1n) is 7.61. The van der Waals surface area contributed by atoms with Gasteiger partial charge in [0.1, 0.15) is 5.84 Å². The molecule has 118 valence electrons. The molecule has 0 unspecified atom stereocenters. The minimum Gasteiger partial charge on any atom is -0.332 e. The van der Waals surface area contributed by atoms with Gasteiger partial charge in [-0.05, 0) is 36.5 Å². The highest BCUT2D eigenvalue weighted by molar-refractivity contribution is 7.80. The zero-order valence-corrected chi connectivity index (χ0v) is 13.8. The topological polar surface area (TPSA) is 39.1 Å². The van der Waals surface area contributed by atoms with E-state index in [1.54, 1.807) is 4.90 Å². The van der Waals surface area contributed by atoms with Crippen LogP contribution < -0.4 is 10.2 Å². The van der Waals surface area contributed by atoms with Gasteiger partial charge in [0, 0.05) is 16.9 Å². The van der Waals surface area contributed by atoms with Crippen molar-refractivity contribution in [3.63, 3.8) is 0 Å². The van der Waals surface area contributed by atoms with Crippen molar-refractivity contribution in [3.8, 4) is 0 Å². The third-order valence-corrected chi connectivity index (χ3v) is 3.80. The summed E-state index contributed by atoms with van der Waals surface area (Å²) >= 11 is 5.59. The van der Waals surface area contributed by atoms with Crippen LogP contribution in [0, 0.1) is 5.41 Å². The van der Waals surface area contributed by atoms with E-state index in [1.807, 2.05) is 91.0 Å². The number of benzene rings is 3. The summed E-state index contributed by atoms with van der Waals surface area (Å²) in [6, 6.07) is 29.0. The molecule has 0 saturated carbocycles. The van der Waals surface area contributed by atoms with Gasteiger partial charge < -0.3 is 5.32 Å². The Balaban J connectivity index is 1.93. The molecule has 2 N–H and O–H groups in total. The fraction of sp³-hybridized carbons (Fsp3) is 0. The Morgan fingerprint density at radius 2 is 1.25 bits per heavy atom. The molecule has 0 aliphatic rings. The number of rotatable bonds is 3. The first-order valence-corrected chi connectivity index (χ1v) is 8.02. The van der Waals surface area contributed by atoms with E-state index in [4.69, 9.17) is 17.6 Å². The zero-order valence-electron chi connectivity index (χ0n) is 13.0. The Morgan fingerprint density at radius 3 is 1.83 bits per heavy atom. The third-order valence-electron chi connectivity index (χ3n) is 3.51. The Bertz CT molecular complexity index is 817. The number of nitrogens with zero attached hydrogens (tertiary/aromatic N) is 1. The molecule has 0 amide bonds. The lowest BCUT2D eigenvalue weighted by Crippen LogP contribution is -2.40. The van der Waals surface area contributed by atoms with Gasteiger partial charge in [0.05, 0.1) is 0 Å². The van der Waals surface area contributed by atoms with E-state index >= 15 is 0 Å². The van der Waals surface area contributed by atoms with Gasteiger partial charge in [-0.1, -0.05) is 66.7 Å². The van der Waals surface area contributed by atoms with Gasteiger partial charge in [0.15, 0.2) is 5.11 Å². The normalized spacial score (nSPS) is 10.0. The molecule has 0 fully saturated rings. The second-order valence-corrected chi connectivity index (χ2v) is 5.57. The maximum Gasteiger partial charge on any atom is 0.183 e. The van der Waals surface area contributed by atoms with Crippen LogP contribution in [0.25, 0.3) is 0 Å². The van der Waals surface area contributed by atoms with Crippen molar-refractivity contribution in [1.29, 1.82) is 5.41 Å². The van der Waals surface area contributed by atoms with Gasteiger partial charge in [0.25, 0.3) is 0 Å². The molecule has 0 aliphatic heterocycles. The predicted molar refractivity (Wildman–Crippen MR) is 105 cm³/mol. The second kappa shape index (κ2) is 7.53. The van der Waals surface area contributed by atoms with Crippen molar-refractivity contribution >= 4 is 34.5 Å². The average molecular weight is 331 g/mol. The Labute approximate surface area is 147 Å². The molecule has 0 radical (unpaired) electrons. The first kappa shape index (κ1) is 15.9. The summed E-state index contributed by atoms with van der Waals surface area (Å²) in [5.41, 5.74) is 2.54. The minimum absolute atomic E-state index is 0.329. The molecule has 3 aromatic carbocycles. The molecule has 4 heteroatoms. The summed E-state index contributed by atoms with van der Waals surface area (Å²) in [6.07, 6.45) is 0. The average Bonchev–Trinajstić information content (AvgIpc) is 2.64. The van der Waals surface area contributed by atoms with Gasteiger partial charge in [-0.2, -0.15) is 0 Å². The number of hydrogen-bond acceptors (Lipinski definition) is 2. The molecular formula is C20H17N3S. The van der Waals surface area contributed by atoms with Gasteiger partial charge in [-0.15, -0.1) is 0 Å². The van der Waals surface area contributed by atoms with E-state index in [-0.39, 0.29) is 0 Å². The van der Waals surface area contributed by atoms with E-state index in [2.05, 4.69) is 5.32 Å². The van der Waals surface area contributed by atoms with Crippen LogP contribution in [0.5, 0.6) is 0 Å². The standard InChI is InChI=1S/C20H17N3S/c21-19(16-10-4-1-5-11-16)23(18-14-8-3-9-15-18)20(24)22-17-12-6-2-7-13-17/h1-15,21H,(H,22,24). The van der Waals surface area contributed by atoms with E-state index < -0.39 is 0 Å². The highest BCUT2D eigenvalue weighted by Crippen LogP contribution is 2.19. The second-order valence-electron chi connectivity index (χ2n) is 5.18. The number of para-hydroxylation sites is 2. The van der Waals surface area contributed by atoms with Crippen LogP contribution in [0.15, 0.2) is 91.0 Å². The van der Waals surface area contributed by atoms with Gasteiger partial charge in [-0.3, -0.25) is 10.3 Å². The van der Waals surface area contributed by atoms with E-state index in [1.165, 1.54) is 0 Å². The molecule has 0 spiro atoms. The van der Waals surface area contributed by atoms with Crippen LogP contribution in [-0.2, 0) is 0 Å². The number of hydrogen-bond donors (Lipinski definition) is 2. The minimum atomic E-state index is 0.329. The van der Waals surface area contributed by atoms with Crippen molar-refractivity contribution in [2.24, 2.45) is 0 Å². The van der Waals surface area contributed by atoms with Crippen LogP contribution in [-0.4, -0.2) is 10.9 Å². The van der Waals surface area contributed by atoms with E-state index in [0.29, 0.717) is 10.9 Å². The van der Waals surface area contributed by atoms with Crippen molar-refractivity contribution < 1.29 is 0 Å². The maximum absolute atomic E-state index is 8.62. The van der Waals surface area contributed by atoms with Crippen molar-refractivity contribution in [1.82, 2.24) is 0 Å².